The highest BCUT2D eigenvalue weighted by atomic mass is 35.5. The molecule has 2 aromatic rings. The zero-order valence-corrected chi connectivity index (χ0v) is 20.1. The number of amides is 2. The lowest BCUT2D eigenvalue weighted by Gasteiger charge is -2.34. The van der Waals surface area contributed by atoms with E-state index in [0.717, 1.165) is 63.6 Å². The van der Waals surface area contributed by atoms with E-state index in [1.807, 2.05) is 12.1 Å². The first kappa shape index (κ1) is 24.5. The number of rotatable bonds is 7. The lowest BCUT2D eigenvalue weighted by atomic mass is 9.83. The predicted octanol–water partition coefficient (Wildman–Crippen LogP) is 5.09. The zero-order valence-electron chi connectivity index (χ0n) is 19.3. The summed E-state index contributed by atoms with van der Waals surface area (Å²) in [5.41, 5.74) is 1.60. The first-order valence-corrected chi connectivity index (χ1v) is 12.6. The summed E-state index contributed by atoms with van der Waals surface area (Å²) in [5.74, 6) is 0.0943. The Labute approximate surface area is 206 Å². The summed E-state index contributed by atoms with van der Waals surface area (Å²) >= 11 is 5.93. The minimum atomic E-state index is -0.835. The van der Waals surface area contributed by atoms with Crippen molar-refractivity contribution in [3.05, 3.63) is 59.4 Å². The van der Waals surface area contributed by atoms with Gasteiger partial charge in [0.1, 0.15) is 0 Å². The van der Waals surface area contributed by atoms with E-state index >= 15 is 0 Å². The molecule has 0 spiro atoms. The van der Waals surface area contributed by atoms with E-state index < -0.39 is 12.2 Å². The van der Waals surface area contributed by atoms with Crippen molar-refractivity contribution in [3.8, 4) is 0 Å². The van der Waals surface area contributed by atoms with Crippen molar-refractivity contribution in [1.29, 1.82) is 0 Å². The molecule has 2 atom stereocenters. The van der Waals surface area contributed by atoms with Crippen LogP contribution in [0.1, 0.15) is 56.6 Å². The molecule has 2 amide bonds. The highest BCUT2D eigenvalue weighted by Gasteiger charge is 2.36. The second-order valence-corrected chi connectivity index (χ2v) is 9.65. The molecule has 1 aromatic carbocycles. The maximum Gasteiger partial charge on any atom is 0.412 e. The van der Waals surface area contributed by atoms with Crippen molar-refractivity contribution in [2.45, 2.75) is 57.1 Å². The number of nitrogens with zero attached hydrogens (tertiary/aromatic N) is 1. The number of nitrogens with one attached hydrogen (secondary N) is 3. The number of carbonyl (C=O) groups is 2. The Bertz CT molecular complexity index is 929. The fourth-order valence-electron chi connectivity index (χ4n) is 5.05. The van der Waals surface area contributed by atoms with E-state index in [1.54, 1.807) is 36.7 Å². The van der Waals surface area contributed by atoms with E-state index in [9.17, 15) is 9.59 Å². The molecular formula is C26H33ClN4O3. The maximum atomic E-state index is 13.6. The summed E-state index contributed by atoms with van der Waals surface area (Å²) in [7, 11) is 0. The van der Waals surface area contributed by atoms with Crippen LogP contribution in [0, 0.1) is 11.8 Å². The Balaban J connectivity index is 1.50. The quantitative estimate of drug-likeness (QED) is 0.509. The Morgan fingerprint density at radius 3 is 2.29 bits per heavy atom. The van der Waals surface area contributed by atoms with Crippen molar-refractivity contribution in [3.63, 3.8) is 0 Å². The summed E-state index contributed by atoms with van der Waals surface area (Å²) < 4.78 is 5.79. The number of benzene rings is 1. The van der Waals surface area contributed by atoms with Crippen LogP contribution in [0.3, 0.4) is 0 Å². The summed E-state index contributed by atoms with van der Waals surface area (Å²) in [6, 6.07) is 10.6. The first-order chi connectivity index (χ1) is 16.6. The summed E-state index contributed by atoms with van der Waals surface area (Å²) in [4.78, 5) is 30.5. The normalized spacial score (nSPS) is 19.1. The van der Waals surface area contributed by atoms with Gasteiger partial charge in [-0.1, -0.05) is 30.9 Å². The topological polar surface area (TPSA) is 92.3 Å². The van der Waals surface area contributed by atoms with E-state index in [-0.39, 0.29) is 17.9 Å². The standard InChI is InChI=1S/C26H33ClN4O3/c27-21-6-8-22(9-7-21)30-26(33)34-24(20-4-2-1-3-5-20)25(32)31-23(18-10-14-28-15-11-18)19-12-16-29-17-13-19/h6-11,14-15,19-20,23-24,29H,1-5,12-13,16-17H2,(H,30,33)(H,31,32). The lowest BCUT2D eigenvalue weighted by Crippen LogP contribution is -2.47. The minimum absolute atomic E-state index is 0.0100. The van der Waals surface area contributed by atoms with Crippen molar-refractivity contribution in [2.24, 2.45) is 11.8 Å². The first-order valence-electron chi connectivity index (χ1n) is 12.2. The largest absolute Gasteiger partial charge is 0.436 e. The molecule has 1 saturated heterocycles. The Hall–Kier alpha value is -2.64. The number of piperidine rings is 1. The Morgan fingerprint density at radius 2 is 1.62 bits per heavy atom. The number of pyridine rings is 1. The highest BCUT2D eigenvalue weighted by Crippen LogP contribution is 2.32. The smallest absolute Gasteiger partial charge is 0.412 e. The van der Waals surface area contributed by atoms with Crippen LogP contribution in [-0.4, -0.2) is 36.2 Å². The predicted molar refractivity (Wildman–Crippen MR) is 133 cm³/mol. The number of aromatic nitrogens is 1. The lowest BCUT2D eigenvalue weighted by molar-refractivity contribution is -0.134. The Kier molecular flexibility index (Phi) is 8.77. The van der Waals surface area contributed by atoms with Gasteiger partial charge in [-0.25, -0.2) is 4.79 Å². The van der Waals surface area contributed by atoms with Crippen LogP contribution in [0.4, 0.5) is 10.5 Å². The number of ether oxygens (including phenoxy) is 1. The van der Waals surface area contributed by atoms with Gasteiger partial charge in [0.2, 0.25) is 0 Å². The molecule has 7 nitrogen and oxygen atoms in total. The zero-order chi connectivity index (χ0) is 23.8. The van der Waals surface area contributed by atoms with E-state index in [4.69, 9.17) is 16.3 Å². The van der Waals surface area contributed by atoms with Gasteiger partial charge in [-0.15, -0.1) is 0 Å². The van der Waals surface area contributed by atoms with Gasteiger partial charge >= 0.3 is 6.09 Å². The molecule has 2 heterocycles. The minimum Gasteiger partial charge on any atom is -0.436 e. The molecule has 1 aliphatic heterocycles. The average Bonchev–Trinajstić information content (AvgIpc) is 2.88. The second-order valence-electron chi connectivity index (χ2n) is 9.21. The summed E-state index contributed by atoms with van der Waals surface area (Å²) in [6.45, 7) is 1.85. The molecule has 0 bridgehead atoms. The third-order valence-corrected chi connectivity index (χ3v) is 7.13. The molecule has 2 unspecified atom stereocenters. The summed E-state index contributed by atoms with van der Waals surface area (Å²) in [6.07, 6.45) is 8.97. The van der Waals surface area contributed by atoms with Crippen molar-refractivity contribution >= 4 is 29.3 Å². The van der Waals surface area contributed by atoms with E-state index in [1.165, 1.54) is 0 Å². The van der Waals surface area contributed by atoms with Crippen molar-refractivity contribution in [2.75, 3.05) is 18.4 Å². The molecule has 1 aliphatic carbocycles. The van der Waals surface area contributed by atoms with Gasteiger partial charge in [0.25, 0.3) is 5.91 Å². The molecule has 2 fully saturated rings. The van der Waals surface area contributed by atoms with E-state index in [0.29, 0.717) is 16.6 Å². The molecule has 1 saturated carbocycles. The van der Waals surface area contributed by atoms with Gasteiger partial charge < -0.3 is 15.4 Å². The fourth-order valence-corrected chi connectivity index (χ4v) is 5.18. The molecule has 8 heteroatoms. The summed E-state index contributed by atoms with van der Waals surface area (Å²) in [5, 5.41) is 9.96. The Morgan fingerprint density at radius 1 is 0.941 bits per heavy atom. The van der Waals surface area contributed by atoms with Crippen LogP contribution in [-0.2, 0) is 9.53 Å². The van der Waals surface area contributed by atoms with Gasteiger partial charge in [0, 0.05) is 29.0 Å². The van der Waals surface area contributed by atoms with Gasteiger partial charge in [-0.3, -0.25) is 15.1 Å². The number of halogens is 1. The maximum absolute atomic E-state index is 13.6. The van der Waals surface area contributed by atoms with Crippen LogP contribution < -0.4 is 16.0 Å². The van der Waals surface area contributed by atoms with Crippen LogP contribution >= 0.6 is 11.6 Å². The average molecular weight is 485 g/mol. The van der Waals surface area contributed by atoms with Gasteiger partial charge in [-0.2, -0.15) is 0 Å². The van der Waals surface area contributed by atoms with Crippen LogP contribution in [0.15, 0.2) is 48.8 Å². The second kappa shape index (κ2) is 12.2. The third kappa shape index (κ3) is 6.70. The molecule has 3 N–H and O–H groups in total. The van der Waals surface area contributed by atoms with Crippen LogP contribution in [0.25, 0.3) is 0 Å². The molecule has 1 aromatic heterocycles. The molecule has 4 rings (SSSR count). The fraction of sp³-hybridized carbons (Fsp3) is 0.500. The van der Waals surface area contributed by atoms with Gasteiger partial charge in [0.05, 0.1) is 6.04 Å². The number of carbonyl (C=O) groups excluding carboxylic acids is 2. The third-order valence-electron chi connectivity index (χ3n) is 6.88. The molecule has 2 aliphatic rings. The number of hydrogen-bond acceptors (Lipinski definition) is 5. The van der Waals surface area contributed by atoms with Crippen molar-refractivity contribution < 1.29 is 14.3 Å². The molecule has 0 radical (unpaired) electrons. The highest BCUT2D eigenvalue weighted by molar-refractivity contribution is 6.30. The van der Waals surface area contributed by atoms with Crippen molar-refractivity contribution in [1.82, 2.24) is 15.6 Å². The van der Waals surface area contributed by atoms with Gasteiger partial charge in [0.15, 0.2) is 6.10 Å². The monoisotopic (exact) mass is 484 g/mol. The molecular weight excluding hydrogens is 452 g/mol. The number of anilines is 1. The number of hydrogen-bond donors (Lipinski definition) is 3. The van der Waals surface area contributed by atoms with Gasteiger partial charge in [-0.05, 0) is 86.7 Å². The molecule has 34 heavy (non-hydrogen) atoms. The van der Waals surface area contributed by atoms with Crippen LogP contribution in [0.5, 0.6) is 0 Å². The van der Waals surface area contributed by atoms with Crippen LogP contribution in [0.2, 0.25) is 5.02 Å². The molecule has 182 valence electrons. The SMILES string of the molecule is O=C(Nc1ccc(Cl)cc1)OC(C(=O)NC(c1ccncc1)C1CCNCC1)C1CCCCC1. The van der Waals surface area contributed by atoms with E-state index in [2.05, 4.69) is 20.9 Å².